The zero-order chi connectivity index (χ0) is 30.3. The van der Waals surface area contributed by atoms with Crippen LogP contribution in [0.4, 0.5) is 20.3 Å². The van der Waals surface area contributed by atoms with Crippen LogP contribution < -0.4 is 15.4 Å². The number of hydrogen-bond donors (Lipinski definition) is 2. The highest BCUT2D eigenvalue weighted by Crippen LogP contribution is 2.31. The van der Waals surface area contributed by atoms with Gasteiger partial charge in [0.2, 0.25) is 5.82 Å². The molecule has 0 aliphatic heterocycles. The van der Waals surface area contributed by atoms with Gasteiger partial charge in [0.1, 0.15) is 12.6 Å². The van der Waals surface area contributed by atoms with Gasteiger partial charge < -0.3 is 24.6 Å². The van der Waals surface area contributed by atoms with E-state index in [0.29, 0.717) is 72.2 Å². The van der Waals surface area contributed by atoms with Crippen molar-refractivity contribution in [3.05, 3.63) is 71.7 Å². The summed E-state index contributed by atoms with van der Waals surface area (Å²) in [5.41, 5.74) is 2.88. The molecule has 0 radical (unpaired) electrons. The van der Waals surface area contributed by atoms with E-state index < -0.39 is 11.6 Å². The molecule has 2 heterocycles. The average molecular weight is 579 g/mol. The summed E-state index contributed by atoms with van der Waals surface area (Å²) in [7, 11) is 5.21. The van der Waals surface area contributed by atoms with Gasteiger partial charge in [-0.25, -0.2) is 14.4 Å². The second kappa shape index (κ2) is 13.4. The van der Waals surface area contributed by atoms with E-state index in [4.69, 9.17) is 14.7 Å². The van der Waals surface area contributed by atoms with Crippen molar-refractivity contribution in [3.63, 3.8) is 0 Å². The van der Waals surface area contributed by atoms with Crippen LogP contribution in [0.5, 0.6) is 5.75 Å². The van der Waals surface area contributed by atoms with Gasteiger partial charge in [-0.3, -0.25) is 9.20 Å². The van der Waals surface area contributed by atoms with Gasteiger partial charge in [-0.1, -0.05) is 6.92 Å². The number of imidazole rings is 1. The maximum Gasteiger partial charge on any atom is 0.251 e. The topological polar surface area (TPSA) is 114 Å². The summed E-state index contributed by atoms with van der Waals surface area (Å²) in [5.74, 6) is -2.08. The Bertz CT molecular complexity index is 1610. The summed E-state index contributed by atoms with van der Waals surface area (Å²) < 4.78 is 41.8. The first-order chi connectivity index (χ1) is 20.2. The van der Waals surface area contributed by atoms with E-state index in [0.717, 1.165) is 5.56 Å². The zero-order valence-electron chi connectivity index (χ0n) is 24.1. The molecule has 2 aromatic heterocycles. The van der Waals surface area contributed by atoms with E-state index in [1.54, 1.807) is 22.7 Å². The number of hydrogen-bond acceptors (Lipinski definition) is 7. The third-order valence-corrected chi connectivity index (χ3v) is 6.84. The Hall–Kier alpha value is -4.60. The van der Waals surface area contributed by atoms with Crippen LogP contribution in [0.15, 0.2) is 48.9 Å². The number of aromatic nitrogens is 3. The average Bonchev–Trinajstić information content (AvgIpc) is 3.41. The monoisotopic (exact) mass is 578 g/mol. The van der Waals surface area contributed by atoms with Gasteiger partial charge >= 0.3 is 0 Å². The van der Waals surface area contributed by atoms with Gasteiger partial charge in [-0.15, -0.1) is 0 Å². The van der Waals surface area contributed by atoms with Crippen molar-refractivity contribution in [1.82, 2.24) is 19.7 Å². The highest BCUT2D eigenvalue weighted by atomic mass is 19.2. The SMILES string of the molecule is CCc1cc(Nc2nccn3c(-c4ccc(OC)c(F)c4F)cnc23)ccc1C(=O)NCCOCC[N+](C)(C)CC#N. The molecule has 2 aromatic carbocycles. The van der Waals surface area contributed by atoms with Crippen LogP contribution in [-0.2, 0) is 11.2 Å². The van der Waals surface area contributed by atoms with Crippen LogP contribution >= 0.6 is 0 Å². The summed E-state index contributed by atoms with van der Waals surface area (Å²) in [6.45, 7) is 4.30. The molecule has 4 aromatic rings. The number of benzene rings is 2. The summed E-state index contributed by atoms with van der Waals surface area (Å²) >= 11 is 0. The molecule has 0 unspecified atom stereocenters. The second-order valence-electron chi connectivity index (χ2n) is 10.3. The van der Waals surface area contributed by atoms with Crippen LogP contribution in [-0.4, -0.2) is 78.8 Å². The number of likely N-dealkylation sites (N-methyl/N-ethyl adjacent to an activating group) is 1. The summed E-state index contributed by atoms with van der Waals surface area (Å²) in [4.78, 5) is 21.6. The van der Waals surface area contributed by atoms with E-state index in [1.807, 2.05) is 27.1 Å². The molecule has 220 valence electrons. The summed E-state index contributed by atoms with van der Waals surface area (Å²) in [6.07, 6.45) is 5.22. The van der Waals surface area contributed by atoms with Gasteiger partial charge in [-0.2, -0.15) is 9.65 Å². The van der Waals surface area contributed by atoms with Crippen LogP contribution in [0.1, 0.15) is 22.8 Å². The van der Waals surface area contributed by atoms with Crippen molar-refractivity contribution in [2.24, 2.45) is 0 Å². The number of nitriles is 1. The van der Waals surface area contributed by atoms with Gasteiger partial charge in [-0.05, 0) is 42.3 Å². The van der Waals surface area contributed by atoms with E-state index in [2.05, 4.69) is 26.7 Å². The van der Waals surface area contributed by atoms with E-state index in [9.17, 15) is 13.6 Å². The third kappa shape index (κ3) is 6.82. The number of nitrogens with zero attached hydrogens (tertiary/aromatic N) is 5. The number of anilines is 2. The number of aryl methyl sites for hydroxylation is 1. The molecule has 0 fully saturated rings. The zero-order valence-corrected chi connectivity index (χ0v) is 24.1. The molecule has 0 aliphatic rings. The molecule has 0 aliphatic carbocycles. The Morgan fingerprint density at radius 2 is 1.95 bits per heavy atom. The van der Waals surface area contributed by atoms with E-state index in [1.165, 1.54) is 31.6 Å². The van der Waals surface area contributed by atoms with Crippen molar-refractivity contribution in [3.8, 4) is 23.1 Å². The van der Waals surface area contributed by atoms with Gasteiger partial charge in [0.25, 0.3) is 5.91 Å². The number of rotatable bonds is 13. The first-order valence-electron chi connectivity index (χ1n) is 13.5. The number of nitrogens with one attached hydrogen (secondary N) is 2. The predicted molar refractivity (Wildman–Crippen MR) is 155 cm³/mol. The molecule has 0 saturated carbocycles. The molecule has 0 bridgehead atoms. The first-order valence-corrected chi connectivity index (χ1v) is 13.5. The Balaban J connectivity index is 1.43. The lowest BCUT2D eigenvalue weighted by atomic mass is 10.0. The largest absolute Gasteiger partial charge is 0.494 e. The minimum atomic E-state index is -1.07. The molecule has 0 atom stereocenters. The summed E-state index contributed by atoms with van der Waals surface area (Å²) in [6, 6.07) is 10.3. The van der Waals surface area contributed by atoms with Crippen molar-refractivity contribution >= 4 is 23.1 Å². The van der Waals surface area contributed by atoms with Crippen molar-refractivity contribution in [2.45, 2.75) is 13.3 Å². The second-order valence-corrected chi connectivity index (χ2v) is 10.3. The fraction of sp³-hybridized carbons (Fsp3) is 0.333. The van der Waals surface area contributed by atoms with Crippen LogP contribution in [0, 0.1) is 23.0 Å². The Morgan fingerprint density at radius 3 is 2.69 bits per heavy atom. The minimum Gasteiger partial charge on any atom is -0.494 e. The molecule has 2 N–H and O–H groups in total. The highest BCUT2D eigenvalue weighted by molar-refractivity contribution is 5.96. The van der Waals surface area contributed by atoms with Gasteiger partial charge in [0.15, 0.2) is 29.6 Å². The molecule has 0 saturated heterocycles. The Labute approximate surface area is 243 Å². The maximum atomic E-state index is 14.8. The van der Waals surface area contributed by atoms with Gasteiger partial charge in [0, 0.05) is 35.8 Å². The minimum absolute atomic E-state index is 0.0361. The number of carbonyl (C=O) groups is 1. The van der Waals surface area contributed by atoms with Crippen molar-refractivity contribution in [1.29, 1.82) is 5.26 Å². The van der Waals surface area contributed by atoms with Crippen molar-refractivity contribution < 1.29 is 27.5 Å². The number of halogens is 2. The predicted octanol–water partition coefficient (Wildman–Crippen LogP) is 4.34. The number of carbonyl (C=O) groups excluding carboxylic acids is 1. The lowest BCUT2D eigenvalue weighted by Crippen LogP contribution is -2.42. The fourth-order valence-electron chi connectivity index (χ4n) is 4.43. The Morgan fingerprint density at radius 1 is 1.14 bits per heavy atom. The maximum absolute atomic E-state index is 14.8. The molecule has 42 heavy (non-hydrogen) atoms. The molecular weight excluding hydrogens is 544 g/mol. The third-order valence-electron chi connectivity index (χ3n) is 6.84. The number of ether oxygens (including phenoxy) is 2. The van der Waals surface area contributed by atoms with Crippen molar-refractivity contribution in [2.75, 3.05) is 59.4 Å². The van der Waals surface area contributed by atoms with Crippen LogP contribution in [0.3, 0.4) is 0 Å². The molecular formula is C30H34F2N7O3+. The molecule has 4 rings (SSSR count). The molecule has 12 heteroatoms. The van der Waals surface area contributed by atoms with Crippen LogP contribution in [0.25, 0.3) is 16.9 Å². The van der Waals surface area contributed by atoms with Gasteiger partial charge in [0.05, 0.1) is 46.3 Å². The molecule has 10 nitrogen and oxygen atoms in total. The van der Waals surface area contributed by atoms with E-state index >= 15 is 0 Å². The smallest absolute Gasteiger partial charge is 0.251 e. The lowest BCUT2D eigenvalue weighted by Gasteiger charge is -2.26. The normalized spacial score (nSPS) is 11.4. The highest BCUT2D eigenvalue weighted by Gasteiger charge is 2.20. The number of quaternary nitrogens is 1. The standard InChI is InChI=1S/C30H33F2N7O3/c1-5-20-18-21(6-7-22(20)30(40)35-12-16-42-17-15-39(2,3)14-10-33)37-28-29-36-19-24(38(29)13-11-34-28)23-8-9-25(41-4)27(32)26(23)31/h6-9,11,13,18-19H,5,12,14-17H2,1-4H3,(H-,34,35,37,40)/p+1. The first kappa shape index (κ1) is 30.4. The van der Waals surface area contributed by atoms with Crippen LogP contribution in [0.2, 0.25) is 0 Å². The molecule has 0 spiro atoms. The Kier molecular flexibility index (Phi) is 9.67. The number of methoxy groups -OCH3 is 1. The lowest BCUT2D eigenvalue weighted by molar-refractivity contribution is -0.883. The fourth-order valence-corrected chi connectivity index (χ4v) is 4.43. The summed E-state index contributed by atoms with van der Waals surface area (Å²) in [5, 5.41) is 15.0. The van der Waals surface area contributed by atoms with E-state index in [-0.39, 0.29) is 17.2 Å². The number of fused-ring (bicyclic) bond motifs is 1. The quantitative estimate of drug-likeness (QED) is 0.138. The molecule has 1 amide bonds. The number of amides is 1.